The van der Waals surface area contributed by atoms with Crippen molar-refractivity contribution < 1.29 is 27.5 Å². The van der Waals surface area contributed by atoms with E-state index in [0.29, 0.717) is 42.9 Å². The van der Waals surface area contributed by atoms with Crippen molar-refractivity contribution in [2.24, 2.45) is 40.4 Å². The van der Waals surface area contributed by atoms with E-state index in [9.17, 15) is 23.4 Å². The molecule has 2 nitrogen and oxygen atoms in total. The predicted octanol–water partition coefficient (Wildman–Crippen LogP) is 7.05. The van der Waals surface area contributed by atoms with E-state index in [2.05, 4.69) is 26.8 Å². The minimum Gasteiger partial charge on any atom is -0.390 e. The number of halogens is 3. The first kappa shape index (κ1) is 20.8. The average molecular weight is 460 g/mol. The van der Waals surface area contributed by atoms with Gasteiger partial charge in [0.1, 0.15) is 0 Å². The molecule has 9 atom stereocenters. The monoisotopic (exact) mass is 459 g/mol. The van der Waals surface area contributed by atoms with Gasteiger partial charge in [0.2, 0.25) is 0 Å². The van der Waals surface area contributed by atoms with E-state index in [4.69, 9.17) is 4.11 Å². The standard InChI is InChI=1S/C27H43F3O2/c1-17(10-13-26(5,32)27(28,29)30)20-8-9-21-19-7-6-18-16-23(2,31)14-15-24(18,3)22(19)11-12-25(20,21)4/h6,17,19-22,31-32H,7-16H2,1-5H3/t17-,19?,20-,21?,22?,23+,24+,25-,26+/m1/s1/i2D3. The molecule has 4 rings (SSSR count). The van der Waals surface area contributed by atoms with Gasteiger partial charge in [-0.1, -0.05) is 32.4 Å². The van der Waals surface area contributed by atoms with Gasteiger partial charge in [-0.3, -0.25) is 0 Å². The molecule has 0 radical (unpaired) electrons. The van der Waals surface area contributed by atoms with Crippen molar-refractivity contribution in [2.45, 2.75) is 116 Å². The van der Waals surface area contributed by atoms with Crippen molar-refractivity contribution in [3.8, 4) is 0 Å². The molecule has 0 aromatic carbocycles. The van der Waals surface area contributed by atoms with Crippen LogP contribution in [0.5, 0.6) is 0 Å². The maximum Gasteiger partial charge on any atom is 0.416 e. The molecule has 3 saturated carbocycles. The number of aliphatic hydroxyl groups is 2. The summed E-state index contributed by atoms with van der Waals surface area (Å²) in [4.78, 5) is 0. The van der Waals surface area contributed by atoms with E-state index in [0.717, 1.165) is 44.6 Å². The molecule has 2 N–H and O–H groups in total. The van der Waals surface area contributed by atoms with Gasteiger partial charge in [0.05, 0.1) is 5.60 Å². The second-order valence-corrected chi connectivity index (χ2v) is 12.5. The van der Waals surface area contributed by atoms with Crippen molar-refractivity contribution in [1.82, 2.24) is 0 Å². The summed E-state index contributed by atoms with van der Waals surface area (Å²) in [6.45, 7) is 5.18. The van der Waals surface area contributed by atoms with E-state index in [1.165, 1.54) is 0 Å². The van der Waals surface area contributed by atoms with E-state index >= 15 is 0 Å². The first-order valence-corrected chi connectivity index (χ1v) is 12.6. The average Bonchev–Trinajstić information content (AvgIpc) is 3.08. The summed E-state index contributed by atoms with van der Waals surface area (Å²) >= 11 is 0. The Morgan fingerprint density at radius 1 is 1.16 bits per heavy atom. The Kier molecular flexibility index (Phi) is 5.02. The Balaban J connectivity index is 1.50. The maximum absolute atomic E-state index is 13.2. The van der Waals surface area contributed by atoms with Gasteiger partial charge in [-0.2, -0.15) is 13.2 Å². The molecule has 32 heavy (non-hydrogen) atoms. The van der Waals surface area contributed by atoms with Gasteiger partial charge in [-0.15, -0.1) is 0 Å². The highest BCUT2D eigenvalue weighted by Crippen LogP contribution is 2.67. The Labute approximate surface area is 196 Å². The fraction of sp³-hybridized carbons (Fsp3) is 0.926. The molecule has 0 aliphatic heterocycles. The van der Waals surface area contributed by atoms with Crippen LogP contribution in [0.25, 0.3) is 0 Å². The lowest BCUT2D eigenvalue weighted by atomic mass is 9.46. The molecular formula is C27H43F3O2. The zero-order valence-corrected chi connectivity index (χ0v) is 20.1. The molecule has 5 heteroatoms. The molecule has 0 heterocycles. The molecule has 0 amide bonds. The Morgan fingerprint density at radius 2 is 1.88 bits per heavy atom. The third kappa shape index (κ3) is 3.87. The zero-order valence-electron chi connectivity index (χ0n) is 23.1. The van der Waals surface area contributed by atoms with Gasteiger partial charge in [-0.25, -0.2) is 0 Å². The molecule has 0 aromatic rings. The van der Waals surface area contributed by atoms with Crippen molar-refractivity contribution in [1.29, 1.82) is 0 Å². The van der Waals surface area contributed by atoms with Crippen LogP contribution in [0.15, 0.2) is 11.6 Å². The van der Waals surface area contributed by atoms with Crippen LogP contribution >= 0.6 is 0 Å². The molecule has 0 bridgehead atoms. The molecule has 0 aromatic heterocycles. The highest BCUT2D eigenvalue weighted by atomic mass is 19.4. The zero-order chi connectivity index (χ0) is 26.2. The lowest BCUT2D eigenvalue weighted by Crippen LogP contribution is -2.52. The van der Waals surface area contributed by atoms with Gasteiger partial charge < -0.3 is 10.2 Å². The van der Waals surface area contributed by atoms with Gasteiger partial charge in [0.15, 0.2) is 5.60 Å². The summed E-state index contributed by atoms with van der Waals surface area (Å²) in [6.07, 6.45) is 4.00. The predicted molar refractivity (Wildman–Crippen MR) is 121 cm³/mol. The second kappa shape index (κ2) is 7.73. The number of rotatable bonds is 4. The quantitative estimate of drug-likeness (QED) is 0.442. The van der Waals surface area contributed by atoms with Crippen LogP contribution in [0, 0.1) is 40.4 Å². The highest BCUT2D eigenvalue weighted by molar-refractivity contribution is 5.26. The first-order chi connectivity index (χ1) is 15.9. The highest BCUT2D eigenvalue weighted by Gasteiger charge is 2.60. The number of allylic oxidation sites excluding steroid dienone is 1. The second-order valence-electron chi connectivity index (χ2n) is 12.5. The van der Waals surface area contributed by atoms with Crippen LogP contribution in [0.3, 0.4) is 0 Å². The van der Waals surface area contributed by atoms with Crippen LogP contribution in [0.1, 0.15) is 103 Å². The third-order valence-corrected chi connectivity index (χ3v) is 10.6. The largest absolute Gasteiger partial charge is 0.416 e. The van der Waals surface area contributed by atoms with Crippen LogP contribution in [0.4, 0.5) is 13.2 Å². The minimum atomic E-state index is -4.61. The van der Waals surface area contributed by atoms with Crippen LogP contribution in [-0.2, 0) is 0 Å². The summed E-state index contributed by atoms with van der Waals surface area (Å²) in [5.74, 6) is 1.93. The molecule has 4 aliphatic rings. The molecule has 4 aliphatic carbocycles. The fourth-order valence-corrected chi connectivity index (χ4v) is 8.47. The van der Waals surface area contributed by atoms with Crippen molar-refractivity contribution in [2.75, 3.05) is 0 Å². The normalized spacial score (nSPS) is 48.8. The number of hydrogen-bond acceptors (Lipinski definition) is 2. The number of hydrogen-bond donors (Lipinski definition) is 2. The number of alkyl halides is 3. The van der Waals surface area contributed by atoms with Crippen molar-refractivity contribution in [3.05, 3.63) is 11.6 Å². The Hall–Kier alpha value is -0.550. The summed E-state index contributed by atoms with van der Waals surface area (Å²) in [5, 5.41) is 20.8. The summed E-state index contributed by atoms with van der Waals surface area (Å²) in [7, 11) is 0. The molecule has 3 unspecified atom stereocenters. The van der Waals surface area contributed by atoms with Gasteiger partial charge >= 0.3 is 6.18 Å². The lowest BCUT2D eigenvalue weighted by Gasteiger charge is -2.59. The van der Waals surface area contributed by atoms with Crippen LogP contribution in [-0.4, -0.2) is 27.6 Å². The molecule has 3 fully saturated rings. The van der Waals surface area contributed by atoms with Gasteiger partial charge in [0, 0.05) is 4.11 Å². The molecule has 0 saturated heterocycles. The maximum atomic E-state index is 13.2. The lowest BCUT2D eigenvalue weighted by molar-refractivity contribution is -0.256. The minimum absolute atomic E-state index is 0.0838. The smallest absolute Gasteiger partial charge is 0.390 e. The fourth-order valence-electron chi connectivity index (χ4n) is 8.47. The molecular weight excluding hydrogens is 413 g/mol. The number of fused-ring (bicyclic) bond motifs is 5. The molecule has 184 valence electrons. The van der Waals surface area contributed by atoms with Crippen LogP contribution < -0.4 is 0 Å². The summed E-state index contributed by atoms with van der Waals surface area (Å²) in [6, 6.07) is 0. The van der Waals surface area contributed by atoms with Crippen molar-refractivity contribution >= 4 is 0 Å². The summed E-state index contributed by atoms with van der Waals surface area (Å²) in [5.41, 5.74) is -3.17. The third-order valence-electron chi connectivity index (χ3n) is 10.6. The first-order valence-electron chi connectivity index (χ1n) is 14.1. The van der Waals surface area contributed by atoms with Crippen molar-refractivity contribution in [3.63, 3.8) is 0 Å². The Bertz CT molecular complexity index is 854. The SMILES string of the molecule is [2H]C([2H])([2H])[C@]1(O)CC[C@@]2(C)C(=CCC3C2CC[C@@]2(C)C3CC[C@@H]2[C@H](C)CC[C@](C)(O)C(F)(F)F)C1. The Morgan fingerprint density at radius 3 is 2.53 bits per heavy atom. The van der Waals surface area contributed by atoms with Gasteiger partial charge in [0.25, 0.3) is 0 Å². The molecule has 0 spiro atoms. The van der Waals surface area contributed by atoms with E-state index in [1.54, 1.807) is 0 Å². The van der Waals surface area contributed by atoms with E-state index in [-0.39, 0.29) is 29.6 Å². The van der Waals surface area contributed by atoms with E-state index < -0.39 is 24.2 Å². The van der Waals surface area contributed by atoms with Crippen LogP contribution in [0.2, 0.25) is 0 Å². The van der Waals surface area contributed by atoms with Gasteiger partial charge in [-0.05, 0) is 118 Å². The van der Waals surface area contributed by atoms with E-state index in [1.807, 2.05) is 0 Å². The summed E-state index contributed by atoms with van der Waals surface area (Å²) < 4.78 is 63.1. The topological polar surface area (TPSA) is 40.5 Å².